The molecule has 1 rings (SSSR count). The summed E-state index contributed by atoms with van der Waals surface area (Å²) < 4.78 is 0. The Morgan fingerprint density at radius 2 is 1.15 bits per heavy atom. The average Bonchev–Trinajstić information content (AvgIpc) is 2.48. The Balaban J connectivity index is 3.09. The summed E-state index contributed by atoms with van der Waals surface area (Å²) in [6, 6.07) is 4.83. The maximum atomic E-state index is 2.43. The first-order chi connectivity index (χ1) is 9.78. The monoisotopic (exact) mass is 272 g/mol. The Labute approximate surface area is 127 Å². The molecule has 0 heterocycles. The van der Waals surface area contributed by atoms with Crippen molar-refractivity contribution >= 4 is 7.85 Å². The zero-order valence-corrected chi connectivity index (χ0v) is 14.2. The van der Waals surface area contributed by atoms with Gasteiger partial charge in [0.15, 0.2) is 0 Å². The van der Waals surface area contributed by atoms with Crippen LogP contribution in [0.3, 0.4) is 0 Å². The Morgan fingerprint density at radius 1 is 0.700 bits per heavy atom. The van der Waals surface area contributed by atoms with Crippen LogP contribution in [0.5, 0.6) is 0 Å². The highest BCUT2D eigenvalue weighted by Gasteiger charge is 2.11. The van der Waals surface area contributed by atoms with Crippen molar-refractivity contribution in [2.24, 2.45) is 0 Å². The van der Waals surface area contributed by atoms with Crippen LogP contribution in [-0.2, 0) is 25.6 Å². The van der Waals surface area contributed by atoms with Gasteiger partial charge in [0.1, 0.15) is 7.85 Å². The molecular weight excluding hydrogens is 239 g/mol. The van der Waals surface area contributed by atoms with E-state index < -0.39 is 0 Å². The molecule has 0 amide bonds. The van der Waals surface area contributed by atoms with Crippen molar-refractivity contribution in [2.45, 2.75) is 84.9 Å². The fourth-order valence-corrected chi connectivity index (χ4v) is 3.05. The van der Waals surface area contributed by atoms with Crippen molar-refractivity contribution < 1.29 is 0 Å². The van der Waals surface area contributed by atoms with Gasteiger partial charge in [-0.1, -0.05) is 64.1 Å². The summed E-state index contributed by atoms with van der Waals surface area (Å²) in [5.41, 5.74) is 6.66. The number of hydrogen-bond donors (Lipinski definition) is 0. The van der Waals surface area contributed by atoms with Gasteiger partial charge in [-0.15, -0.1) is 0 Å². The SMILES string of the molecule is BCc1ccc(CCCC)c(CCCC)c1CCCC. The van der Waals surface area contributed by atoms with E-state index in [9.17, 15) is 0 Å². The van der Waals surface area contributed by atoms with Crippen LogP contribution in [0.15, 0.2) is 12.1 Å². The maximum absolute atomic E-state index is 2.43. The first-order valence-electron chi connectivity index (χ1n) is 8.90. The van der Waals surface area contributed by atoms with Crippen molar-refractivity contribution in [3.8, 4) is 0 Å². The van der Waals surface area contributed by atoms with E-state index in [1.807, 2.05) is 0 Å². The molecule has 1 aromatic carbocycles. The van der Waals surface area contributed by atoms with Crippen molar-refractivity contribution in [3.63, 3.8) is 0 Å². The third-order valence-corrected chi connectivity index (χ3v) is 4.37. The number of aryl methyl sites for hydroxylation is 1. The zero-order chi connectivity index (χ0) is 14.8. The Bertz CT molecular complexity index is 382. The second-order valence-electron chi connectivity index (χ2n) is 6.01. The van der Waals surface area contributed by atoms with E-state index in [0.29, 0.717) is 0 Å². The largest absolute Gasteiger partial charge is 0.107 e. The lowest BCUT2D eigenvalue weighted by Gasteiger charge is -2.19. The summed E-state index contributed by atoms with van der Waals surface area (Å²) in [7, 11) is 2.31. The zero-order valence-electron chi connectivity index (χ0n) is 14.2. The minimum atomic E-state index is 1.19. The topological polar surface area (TPSA) is 0 Å². The molecule has 0 nitrogen and oxygen atoms in total. The van der Waals surface area contributed by atoms with Gasteiger partial charge in [0.05, 0.1) is 0 Å². The van der Waals surface area contributed by atoms with Crippen LogP contribution in [0.2, 0.25) is 0 Å². The van der Waals surface area contributed by atoms with Gasteiger partial charge in [-0.05, 0) is 55.2 Å². The second kappa shape index (κ2) is 10.1. The molecule has 0 bridgehead atoms. The molecule has 0 saturated carbocycles. The Kier molecular flexibility index (Phi) is 8.73. The van der Waals surface area contributed by atoms with Crippen molar-refractivity contribution in [3.05, 3.63) is 34.4 Å². The molecule has 0 radical (unpaired) electrons. The first-order valence-corrected chi connectivity index (χ1v) is 8.90. The fraction of sp³-hybridized carbons (Fsp3) is 0.684. The second-order valence-corrected chi connectivity index (χ2v) is 6.01. The third-order valence-electron chi connectivity index (χ3n) is 4.37. The molecule has 20 heavy (non-hydrogen) atoms. The van der Waals surface area contributed by atoms with Gasteiger partial charge in [0, 0.05) is 0 Å². The molecule has 0 aliphatic heterocycles. The first kappa shape index (κ1) is 17.3. The molecule has 1 heteroatoms. The van der Waals surface area contributed by atoms with Gasteiger partial charge in [-0.3, -0.25) is 0 Å². The summed E-state index contributed by atoms with van der Waals surface area (Å²) in [6.07, 6.45) is 13.0. The molecule has 112 valence electrons. The lowest BCUT2D eigenvalue weighted by Crippen LogP contribution is -2.06. The lowest BCUT2D eigenvalue weighted by molar-refractivity contribution is 0.731. The highest BCUT2D eigenvalue weighted by Crippen LogP contribution is 2.25. The highest BCUT2D eigenvalue weighted by atomic mass is 14.2. The van der Waals surface area contributed by atoms with E-state index in [0.717, 1.165) is 0 Å². The molecular formula is C19H33B. The Hall–Kier alpha value is -0.715. The van der Waals surface area contributed by atoms with E-state index in [-0.39, 0.29) is 0 Å². The van der Waals surface area contributed by atoms with E-state index in [4.69, 9.17) is 0 Å². The van der Waals surface area contributed by atoms with E-state index in [1.165, 1.54) is 64.1 Å². The normalized spacial score (nSPS) is 10.9. The predicted molar refractivity (Wildman–Crippen MR) is 94.5 cm³/mol. The summed E-state index contributed by atoms with van der Waals surface area (Å²) in [4.78, 5) is 0. The molecule has 0 unspecified atom stereocenters. The van der Waals surface area contributed by atoms with Crippen LogP contribution < -0.4 is 0 Å². The third kappa shape index (κ3) is 5.00. The van der Waals surface area contributed by atoms with Gasteiger partial charge in [-0.25, -0.2) is 0 Å². The molecule has 0 aliphatic carbocycles. The van der Waals surface area contributed by atoms with Gasteiger partial charge in [0.2, 0.25) is 0 Å². The van der Waals surface area contributed by atoms with Crippen LogP contribution in [0, 0.1) is 0 Å². The summed E-state index contributed by atoms with van der Waals surface area (Å²) in [5.74, 6) is 0. The van der Waals surface area contributed by atoms with Crippen molar-refractivity contribution in [1.82, 2.24) is 0 Å². The van der Waals surface area contributed by atoms with E-state index >= 15 is 0 Å². The molecule has 1 aromatic rings. The number of hydrogen-bond acceptors (Lipinski definition) is 0. The number of rotatable bonds is 10. The predicted octanol–water partition coefficient (Wildman–Crippen LogP) is 4.85. The Morgan fingerprint density at radius 3 is 1.65 bits per heavy atom. The lowest BCUT2D eigenvalue weighted by atomic mass is 9.83. The number of unbranched alkanes of at least 4 members (excludes halogenated alkanes) is 3. The summed E-state index contributed by atoms with van der Waals surface area (Å²) >= 11 is 0. The van der Waals surface area contributed by atoms with Crippen LogP contribution >= 0.6 is 0 Å². The molecule has 0 saturated heterocycles. The molecule has 0 aliphatic rings. The van der Waals surface area contributed by atoms with Gasteiger partial charge in [0.25, 0.3) is 0 Å². The van der Waals surface area contributed by atoms with E-state index in [2.05, 4.69) is 40.8 Å². The maximum Gasteiger partial charge on any atom is 0.107 e. The smallest absolute Gasteiger partial charge is 0.0654 e. The summed E-state index contributed by atoms with van der Waals surface area (Å²) in [6.45, 7) is 6.91. The average molecular weight is 272 g/mol. The van der Waals surface area contributed by atoms with Gasteiger partial charge >= 0.3 is 0 Å². The van der Waals surface area contributed by atoms with E-state index in [1.54, 1.807) is 22.3 Å². The van der Waals surface area contributed by atoms with Gasteiger partial charge < -0.3 is 0 Å². The highest BCUT2D eigenvalue weighted by molar-refractivity contribution is 6.08. The molecule has 0 aromatic heterocycles. The van der Waals surface area contributed by atoms with Crippen LogP contribution in [0.4, 0.5) is 0 Å². The van der Waals surface area contributed by atoms with Crippen LogP contribution in [0.25, 0.3) is 0 Å². The number of benzene rings is 1. The van der Waals surface area contributed by atoms with Gasteiger partial charge in [-0.2, -0.15) is 0 Å². The minimum Gasteiger partial charge on any atom is -0.0654 e. The molecule has 0 fully saturated rings. The summed E-state index contributed by atoms with van der Waals surface area (Å²) in [5, 5.41) is 0. The molecule has 0 N–H and O–H groups in total. The van der Waals surface area contributed by atoms with Crippen LogP contribution in [-0.4, -0.2) is 7.85 Å². The standard InChI is InChI=1S/C19H33B/c1-4-7-10-16-13-14-17(15-20)19(12-9-6-3)18(16)11-8-5-2/h13-14H,4-12,15,20H2,1-3H3. The molecule has 0 atom stereocenters. The van der Waals surface area contributed by atoms with Crippen molar-refractivity contribution in [2.75, 3.05) is 0 Å². The van der Waals surface area contributed by atoms with Crippen LogP contribution in [0.1, 0.15) is 81.5 Å². The molecule has 0 spiro atoms. The minimum absolute atomic E-state index is 1.19. The van der Waals surface area contributed by atoms with Crippen molar-refractivity contribution in [1.29, 1.82) is 0 Å². The quantitative estimate of drug-likeness (QED) is 0.534. The fourth-order valence-electron chi connectivity index (χ4n) is 3.05.